The summed E-state index contributed by atoms with van der Waals surface area (Å²) in [5, 5.41) is 6.46. The zero-order valence-electron chi connectivity index (χ0n) is 16.8. The lowest BCUT2D eigenvalue weighted by Gasteiger charge is -2.20. The van der Waals surface area contributed by atoms with Gasteiger partial charge in [0.15, 0.2) is 5.96 Å². The minimum absolute atomic E-state index is 0.00404. The van der Waals surface area contributed by atoms with Gasteiger partial charge in [0.1, 0.15) is 0 Å². The highest BCUT2D eigenvalue weighted by molar-refractivity contribution is 5.80. The average molecular weight is 400 g/mol. The summed E-state index contributed by atoms with van der Waals surface area (Å²) in [5.41, 5.74) is 1.20. The highest BCUT2D eigenvalue weighted by atomic mass is 19.4. The lowest BCUT2D eigenvalue weighted by Crippen LogP contribution is -2.45. The zero-order valence-corrected chi connectivity index (χ0v) is 16.8. The van der Waals surface area contributed by atoms with Gasteiger partial charge in [0.05, 0.1) is 6.54 Å². The number of halogens is 3. The fourth-order valence-electron chi connectivity index (χ4n) is 3.32. The van der Waals surface area contributed by atoms with Crippen LogP contribution in [0.4, 0.5) is 18.9 Å². The van der Waals surface area contributed by atoms with Gasteiger partial charge in [0, 0.05) is 51.5 Å². The molecular formula is C20H32F3N5. The zero-order chi connectivity index (χ0) is 20.4. The largest absolute Gasteiger partial charge is 0.401 e. The first kappa shape index (κ1) is 22.3. The van der Waals surface area contributed by atoms with Gasteiger partial charge in [-0.05, 0) is 38.3 Å². The van der Waals surface area contributed by atoms with E-state index in [2.05, 4.69) is 39.7 Å². The van der Waals surface area contributed by atoms with Crippen molar-refractivity contribution >= 4 is 11.6 Å². The van der Waals surface area contributed by atoms with Crippen LogP contribution in [0.1, 0.15) is 26.2 Å². The van der Waals surface area contributed by atoms with E-state index in [1.165, 1.54) is 10.6 Å². The summed E-state index contributed by atoms with van der Waals surface area (Å²) in [6.45, 7) is 4.37. The Labute approximate surface area is 166 Å². The number of guanidine groups is 1. The summed E-state index contributed by atoms with van der Waals surface area (Å²) >= 11 is 0. The lowest BCUT2D eigenvalue weighted by molar-refractivity contribution is -0.143. The Balaban J connectivity index is 1.70. The van der Waals surface area contributed by atoms with Gasteiger partial charge in [-0.1, -0.05) is 18.2 Å². The van der Waals surface area contributed by atoms with Crippen LogP contribution in [0.15, 0.2) is 35.3 Å². The van der Waals surface area contributed by atoms with Crippen LogP contribution in [0, 0.1) is 0 Å². The van der Waals surface area contributed by atoms with E-state index < -0.39 is 12.7 Å². The maximum Gasteiger partial charge on any atom is 0.401 e. The molecule has 2 rings (SSSR count). The number of hydrogen-bond donors (Lipinski definition) is 2. The number of unbranched alkanes of at least 4 members (excludes halogenated alkanes) is 1. The van der Waals surface area contributed by atoms with Crippen molar-refractivity contribution < 1.29 is 13.2 Å². The number of nitrogens with one attached hydrogen (secondary N) is 2. The van der Waals surface area contributed by atoms with Crippen molar-refractivity contribution in [2.45, 2.75) is 38.4 Å². The van der Waals surface area contributed by atoms with Crippen LogP contribution in [-0.2, 0) is 0 Å². The van der Waals surface area contributed by atoms with Crippen LogP contribution in [0.3, 0.4) is 0 Å². The smallest absolute Gasteiger partial charge is 0.375 e. The van der Waals surface area contributed by atoms with E-state index in [1.807, 2.05) is 25.1 Å². The number of alkyl halides is 3. The first-order valence-corrected chi connectivity index (χ1v) is 9.97. The maximum atomic E-state index is 12.5. The molecule has 5 nitrogen and oxygen atoms in total. The van der Waals surface area contributed by atoms with Gasteiger partial charge in [-0.15, -0.1) is 0 Å². The maximum absolute atomic E-state index is 12.5. The van der Waals surface area contributed by atoms with Gasteiger partial charge in [-0.2, -0.15) is 13.2 Å². The van der Waals surface area contributed by atoms with Crippen LogP contribution in [0.5, 0.6) is 0 Å². The molecule has 1 fully saturated rings. The summed E-state index contributed by atoms with van der Waals surface area (Å²) in [6, 6.07) is 10.3. The van der Waals surface area contributed by atoms with E-state index in [0.29, 0.717) is 32.0 Å². The Hall–Kier alpha value is -1.96. The number of aliphatic imine (C=N–C) groups is 1. The molecule has 1 aliphatic heterocycles. The number of nitrogens with zero attached hydrogens (tertiary/aromatic N) is 3. The van der Waals surface area contributed by atoms with Gasteiger partial charge >= 0.3 is 6.18 Å². The molecule has 0 bridgehead atoms. The van der Waals surface area contributed by atoms with Crippen molar-refractivity contribution in [2.24, 2.45) is 4.99 Å². The number of benzene rings is 1. The van der Waals surface area contributed by atoms with Crippen molar-refractivity contribution in [3.05, 3.63) is 30.3 Å². The second-order valence-corrected chi connectivity index (χ2v) is 7.21. The Morgan fingerprint density at radius 2 is 2.00 bits per heavy atom. The summed E-state index contributed by atoms with van der Waals surface area (Å²) in [6.07, 6.45) is -1.46. The van der Waals surface area contributed by atoms with E-state index in [-0.39, 0.29) is 6.04 Å². The van der Waals surface area contributed by atoms with Crippen molar-refractivity contribution in [2.75, 3.05) is 51.2 Å². The van der Waals surface area contributed by atoms with Crippen LogP contribution in [0.25, 0.3) is 0 Å². The molecule has 1 heterocycles. The SMILES string of the molecule is CCNC(=NCCCCN(C)c1ccccc1)NC1CCN(CC(F)(F)F)C1. The minimum Gasteiger partial charge on any atom is -0.375 e. The van der Waals surface area contributed by atoms with Crippen LogP contribution in [0.2, 0.25) is 0 Å². The second kappa shape index (κ2) is 11.1. The Morgan fingerprint density at radius 1 is 1.25 bits per heavy atom. The third-order valence-corrected chi connectivity index (χ3v) is 4.73. The molecule has 0 aliphatic carbocycles. The van der Waals surface area contributed by atoms with E-state index in [0.717, 1.165) is 25.9 Å². The Kier molecular flexibility index (Phi) is 8.89. The lowest BCUT2D eigenvalue weighted by atomic mass is 10.2. The van der Waals surface area contributed by atoms with Gasteiger partial charge in [-0.25, -0.2) is 0 Å². The predicted molar refractivity (Wildman–Crippen MR) is 109 cm³/mol. The normalized spacial score (nSPS) is 18.3. The monoisotopic (exact) mass is 399 g/mol. The number of rotatable bonds is 9. The molecule has 2 N–H and O–H groups in total. The number of likely N-dealkylation sites (tertiary alicyclic amines) is 1. The molecule has 1 unspecified atom stereocenters. The average Bonchev–Trinajstić information content (AvgIpc) is 3.07. The summed E-state index contributed by atoms with van der Waals surface area (Å²) in [5.74, 6) is 0.692. The molecule has 1 aliphatic rings. The van der Waals surface area contributed by atoms with Crippen LogP contribution in [-0.4, -0.2) is 69.4 Å². The quantitative estimate of drug-likeness (QED) is 0.381. The summed E-state index contributed by atoms with van der Waals surface area (Å²) < 4.78 is 37.6. The first-order valence-electron chi connectivity index (χ1n) is 9.97. The molecule has 0 radical (unpaired) electrons. The number of para-hydroxylation sites is 1. The van der Waals surface area contributed by atoms with E-state index in [4.69, 9.17) is 0 Å². The highest BCUT2D eigenvalue weighted by Crippen LogP contribution is 2.20. The third-order valence-electron chi connectivity index (χ3n) is 4.73. The molecule has 0 amide bonds. The molecule has 8 heteroatoms. The molecule has 158 valence electrons. The predicted octanol–water partition coefficient (Wildman–Crippen LogP) is 3.09. The number of hydrogen-bond acceptors (Lipinski definition) is 3. The third kappa shape index (κ3) is 8.37. The molecule has 1 aromatic carbocycles. The van der Waals surface area contributed by atoms with Crippen molar-refractivity contribution in [1.82, 2.24) is 15.5 Å². The van der Waals surface area contributed by atoms with Crippen molar-refractivity contribution in [3.8, 4) is 0 Å². The molecule has 28 heavy (non-hydrogen) atoms. The van der Waals surface area contributed by atoms with Crippen molar-refractivity contribution in [3.63, 3.8) is 0 Å². The van der Waals surface area contributed by atoms with Gasteiger partial charge < -0.3 is 15.5 Å². The molecular weight excluding hydrogens is 367 g/mol. The fourth-order valence-corrected chi connectivity index (χ4v) is 3.32. The Morgan fingerprint density at radius 3 is 2.68 bits per heavy atom. The summed E-state index contributed by atoms with van der Waals surface area (Å²) in [7, 11) is 2.08. The van der Waals surface area contributed by atoms with Gasteiger partial charge in [0.25, 0.3) is 0 Å². The minimum atomic E-state index is -4.14. The molecule has 0 spiro atoms. The van der Waals surface area contributed by atoms with Crippen LogP contribution >= 0.6 is 0 Å². The van der Waals surface area contributed by atoms with Gasteiger partial charge in [-0.3, -0.25) is 9.89 Å². The molecule has 1 saturated heterocycles. The second-order valence-electron chi connectivity index (χ2n) is 7.21. The Bertz CT molecular complexity index is 591. The topological polar surface area (TPSA) is 42.9 Å². The molecule has 1 atom stereocenters. The van der Waals surface area contributed by atoms with Gasteiger partial charge in [0.2, 0.25) is 0 Å². The van der Waals surface area contributed by atoms with E-state index in [1.54, 1.807) is 0 Å². The van der Waals surface area contributed by atoms with Crippen LogP contribution < -0.4 is 15.5 Å². The standard InChI is InChI=1S/C20H32F3N5/c1-3-24-19(26-17-11-14-28(15-17)16-20(21,22)23)25-12-7-8-13-27(2)18-9-5-4-6-10-18/h4-6,9-10,17H,3,7-8,11-16H2,1-2H3,(H2,24,25,26). The molecule has 0 aromatic heterocycles. The van der Waals surface area contributed by atoms with Crippen molar-refractivity contribution in [1.29, 1.82) is 0 Å². The summed E-state index contributed by atoms with van der Waals surface area (Å²) in [4.78, 5) is 8.25. The van der Waals surface area contributed by atoms with E-state index >= 15 is 0 Å². The van der Waals surface area contributed by atoms with E-state index in [9.17, 15) is 13.2 Å². The molecule has 0 saturated carbocycles. The molecule has 1 aromatic rings. The fraction of sp³-hybridized carbons (Fsp3) is 0.650. The first-order chi connectivity index (χ1) is 13.4. The number of anilines is 1. The highest BCUT2D eigenvalue weighted by Gasteiger charge is 2.34.